The normalized spacial score (nSPS) is 20.6. The second kappa shape index (κ2) is 18.2. The molecule has 0 radical (unpaired) electrons. The van der Waals surface area contributed by atoms with Crippen LogP contribution in [-0.2, 0) is 18.7 Å². The maximum Gasteiger partial charge on any atom is 0.455 e. The number of imide groups is 1. The summed E-state index contributed by atoms with van der Waals surface area (Å²) < 4.78 is 14.0. The second-order valence-corrected chi connectivity index (χ2v) is 22.4. The van der Waals surface area contributed by atoms with E-state index in [1.165, 1.54) is 11.0 Å². The topological polar surface area (TPSA) is 108 Å². The maximum absolute atomic E-state index is 14.8. The number of allylic oxidation sites excluding steroid dienone is 1. The number of aromatic hydroxyl groups is 1. The number of phenols is 1. The van der Waals surface area contributed by atoms with Crippen LogP contribution >= 0.6 is 11.6 Å². The Morgan fingerprint density at radius 3 is 2.08 bits per heavy atom. The van der Waals surface area contributed by atoms with Gasteiger partial charge in [0.05, 0.1) is 35.3 Å². The molecular formula is C51H54BClN2O6Si. The van der Waals surface area contributed by atoms with Crippen molar-refractivity contribution in [2.45, 2.75) is 70.8 Å². The van der Waals surface area contributed by atoms with Crippen LogP contribution in [0, 0.1) is 17.8 Å². The number of benzene rings is 5. The molecule has 0 saturated carbocycles. The summed E-state index contributed by atoms with van der Waals surface area (Å²) in [6.07, 6.45) is 4.01. The highest BCUT2D eigenvalue weighted by atomic mass is 35.5. The van der Waals surface area contributed by atoms with Gasteiger partial charge in [0.2, 0.25) is 11.8 Å². The van der Waals surface area contributed by atoms with Crippen LogP contribution in [0.15, 0.2) is 150 Å². The fourth-order valence-electron chi connectivity index (χ4n) is 10.0. The Bertz CT molecular complexity index is 2420. The molecule has 2 heterocycles. The molecule has 5 aromatic rings. The smallest absolute Gasteiger partial charge is 0.455 e. The zero-order chi connectivity index (χ0) is 43.6. The van der Waals surface area contributed by atoms with Crippen molar-refractivity contribution < 1.29 is 28.8 Å². The minimum atomic E-state index is -3.02. The summed E-state index contributed by atoms with van der Waals surface area (Å²) >= 11 is 6.53. The van der Waals surface area contributed by atoms with Gasteiger partial charge in [-0.3, -0.25) is 14.5 Å². The highest BCUT2D eigenvalue weighted by molar-refractivity contribution is 6.99. The molecule has 2 aliphatic heterocycles. The Balaban J connectivity index is 1.17. The number of carbonyl (C=O) groups excluding carboxylic acids is 2. The number of fused-ring (bicyclic) bond motifs is 3. The Morgan fingerprint density at radius 2 is 1.48 bits per heavy atom. The molecule has 8 rings (SSSR count). The van der Waals surface area contributed by atoms with Crippen LogP contribution in [0.1, 0.15) is 58.9 Å². The van der Waals surface area contributed by atoms with E-state index in [0.717, 1.165) is 50.5 Å². The number of phenolic OH excluding ortho intramolecular Hbond substituents is 1. The molecule has 0 spiro atoms. The van der Waals surface area contributed by atoms with E-state index in [1.807, 2.05) is 66.7 Å². The molecule has 62 heavy (non-hydrogen) atoms. The Labute approximate surface area is 371 Å². The quantitative estimate of drug-likeness (QED) is 0.0615. The third-order valence-electron chi connectivity index (χ3n) is 12.9. The highest BCUT2D eigenvalue weighted by Gasteiger charge is 2.58. The Morgan fingerprint density at radius 1 is 0.871 bits per heavy atom. The average molecular weight is 865 g/mol. The van der Waals surface area contributed by atoms with E-state index in [0.29, 0.717) is 30.0 Å². The summed E-state index contributed by atoms with van der Waals surface area (Å²) in [5.41, 5.74) is 6.17. The van der Waals surface area contributed by atoms with Crippen molar-refractivity contribution in [3.63, 3.8) is 0 Å². The molecule has 2 saturated heterocycles. The predicted octanol–water partition coefficient (Wildman–Crippen LogP) is 9.94. The number of nitrogens with one attached hydrogen (secondary N) is 1. The second-order valence-electron chi connectivity index (χ2n) is 17.7. The largest absolute Gasteiger partial charge is 0.508 e. The fourth-order valence-corrected chi connectivity index (χ4v) is 14.8. The van der Waals surface area contributed by atoms with Crippen LogP contribution in [0.5, 0.6) is 5.75 Å². The number of halogens is 1. The van der Waals surface area contributed by atoms with Crippen molar-refractivity contribution in [2.24, 2.45) is 17.8 Å². The molecule has 11 heteroatoms. The summed E-state index contributed by atoms with van der Waals surface area (Å²) in [5, 5.41) is 27.3. The number of rotatable bonds is 13. The molecule has 1 aliphatic carbocycles. The number of hydrogen-bond donors (Lipinski definition) is 3. The summed E-state index contributed by atoms with van der Waals surface area (Å²) in [6.45, 7) is 9.08. The number of anilines is 3. The maximum atomic E-state index is 14.8. The van der Waals surface area contributed by atoms with Crippen LogP contribution in [0.2, 0.25) is 16.4 Å². The van der Waals surface area contributed by atoms with Gasteiger partial charge in [-0.15, -0.1) is 0 Å². The van der Waals surface area contributed by atoms with Crippen molar-refractivity contribution in [3.05, 3.63) is 161 Å². The van der Waals surface area contributed by atoms with Gasteiger partial charge in [-0.1, -0.05) is 130 Å². The number of nitrogens with zero attached hydrogens (tertiary/aromatic N) is 1. The van der Waals surface area contributed by atoms with Crippen molar-refractivity contribution in [3.8, 4) is 5.75 Å². The first-order valence-electron chi connectivity index (χ1n) is 21.7. The van der Waals surface area contributed by atoms with Gasteiger partial charge >= 0.3 is 7.12 Å². The average Bonchev–Trinajstić information content (AvgIpc) is 3.52. The summed E-state index contributed by atoms with van der Waals surface area (Å²) in [6, 6.07) is 43.2. The minimum Gasteiger partial charge on any atom is -0.508 e. The number of amides is 2. The van der Waals surface area contributed by atoms with Crippen LogP contribution in [0.3, 0.4) is 0 Å². The lowest BCUT2D eigenvalue weighted by Crippen LogP contribution is -2.66. The summed E-state index contributed by atoms with van der Waals surface area (Å²) in [7, 11) is -4.13. The SMILES string of the molecule is CC/C(=C\c1ccc(O)cc1Cl)CC[C@H]1OB(O)C[C@H]2C1=C(CO[Si](c1ccccc1)(c1ccccc1)C(C)(C)C)C[C@H]1C(=O)N(c3ccc(Nc4ccccc4)cc3)C(=O)[C@H]12. The summed E-state index contributed by atoms with van der Waals surface area (Å²) in [4.78, 5) is 30.8. The molecule has 0 unspecified atom stereocenters. The van der Waals surface area contributed by atoms with Crippen LogP contribution in [0.4, 0.5) is 17.1 Å². The zero-order valence-electron chi connectivity index (χ0n) is 35.8. The number of para-hydroxylation sites is 1. The third-order valence-corrected chi connectivity index (χ3v) is 18.2. The Kier molecular flexibility index (Phi) is 12.8. The van der Waals surface area contributed by atoms with Gasteiger partial charge in [0.25, 0.3) is 8.32 Å². The van der Waals surface area contributed by atoms with Gasteiger partial charge in [-0.25, -0.2) is 0 Å². The molecule has 0 aromatic heterocycles. The molecule has 318 valence electrons. The van der Waals surface area contributed by atoms with E-state index in [2.05, 4.69) is 87.6 Å². The Hall–Kier alpha value is -5.23. The van der Waals surface area contributed by atoms with Crippen molar-refractivity contribution in [1.82, 2.24) is 0 Å². The molecule has 4 atom stereocenters. The lowest BCUT2D eigenvalue weighted by molar-refractivity contribution is -0.122. The first-order valence-corrected chi connectivity index (χ1v) is 23.9. The van der Waals surface area contributed by atoms with Crippen LogP contribution in [0.25, 0.3) is 6.08 Å². The van der Waals surface area contributed by atoms with Crippen LogP contribution < -0.4 is 20.6 Å². The van der Waals surface area contributed by atoms with Gasteiger partial charge in [0.15, 0.2) is 0 Å². The molecule has 3 N–H and O–H groups in total. The van der Waals surface area contributed by atoms with Gasteiger partial charge in [0, 0.05) is 11.4 Å². The monoisotopic (exact) mass is 864 g/mol. The van der Waals surface area contributed by atoms with E-state index in [-0.39, 0.29) is 35.5 Å². The third kappa shape index (κ3) is 8.59. The van der Waals surface area contributed by atoms with E-state index in [1.54, 1.807) is 12.1 Å². The molecule has 2 amide bonds. The van der Waals surface area contributed by atoms with Gasteiger partial charge < -0.3 is 24.5 Å². The molecule has 2 fully saturated rings. The predicted molar refractivity (Wildman–Crippen MR) is 253 cm³/mol. The van der Waals surface area contributed by atoms with E-state index in [4.69, 9.17) is 20.7 Å². The zero-order valence-corrected chi connectivity index (χ0v) is 37.5. The molecular weight excluding hydrogens is 811 g/mol. The van der Waals surface area contributed by atoms with E-state index >= 15 is 0 Å². The highest BCUT2D eigenvalue weighted by Crippen LogP contribution is 2.52. The molecule has 0 bridgehead atoms. The molecule has 3 aliphatic rings. The lowest BCUT2D eigenvalue weighted by Gasteiger charge is -2.46. The van der Waals surface area contributed by atoms with E-state index in [9.17, 15) is 19.7 Å². The van der Waals surface area contributed by atoms with Gasteiger partial charge in [0.1, 0.15) is 5.75 Å². The first kappa shape index (κ1) is 43.4. The van der Waals surface area contributed by atoms with E-state index < -0.39 is 39.3 Å². The van der Waals surface area contributed by atoms with Crippen LogP contribution in [-0.4, -0.2) is 50.1 Å². The number of carbonyl (C=O) groups is 2. The summed E-state index contributed by atoms with van der Waals surface area (Å²) in [5.74, 6) is -2.08. The van der Waals surface area contributed by atoms with Crippen molar-refractivity contribution in [1.29, 1.82) is 0 Å². The van der Waals surface area contributed by atoms with Crippen molar-refractivity contribution in [2.75, 3.05) is 16.8 Å². The van der Waals surface area contributed by atoms with Gasteiger partial charge in [-0.05, 0) is 125 Å². The molecule has 5 aromatic carbocycles. The van der Waals surface area contributed by atoms with Crippen molar-refractivity contribution >= 4 is 72.4 Å². The lowest BCUT2D eigenvalue weighted by atomic mass is 9.58. The van der Waals surface area contributed by atoms with Gasteiger partial charge in [-0.2, -0.15) is 0 Å². The molecule has 8 nitrogen and oxygen atoms in total. The minimum absolute atomic E-state index is 0.103. The fraction of sp³-hybridized carbons (Fsp3) is 0.294. The standard InChI is InChI=1S/C51H54BClN2O6Si/c1-5-34(29-35-22-27-40(56)31-45(35)53)21-28-46-47-36(33-60-62(51(2,3)4,41-17-11-7-12-18-41)42-19-13-8-14-20-42)30-43-48(44(47)32-52(59)61-46)50(58)55(49(43)57)39-25-23-38(24-26-39)54-37-15-9-6-10-16-37/h6-20,22-27,29,31,43-44,46,48,54,56,59H,5,21,28,30,32-33H2,1-4H3/b34-29+/t43-,44+,46-,48-/m1/s1. The number of hydrogen-bond acceptors (Lipinski definition) is 7. The first-order chi connectivity index (χ1) is 29.9.